The molecule has 3 heteroatoms. The van der Waals surface area contributed by atoms with Gasteiger partial charge in [-0.25, -0.2) is 4.39 Å². The van der Waals surface area contributed by atoms with Crippen molar-refractivity contribution in [3.8, 4) is 0 Å². The van der Waals surface area contributed by atoms with Gasteiger partial charge in [-0.2, -0.15) is 0 Å². The maximum absolute atomic E-state index is 12.9. The molecule has 0 amide bonds. The molecule has 0 fully saturated rings. The Morgan fingerprint density at radius 2 is 1.57 bits per heavy atom. The third-order valence-corrected chi connectivity index (χ3v) is 3.79. The van der Waals surface area contributed by atoms with Crippen molar-refractivity contribution in [2.24, 2.45) is 0 Å². The van der Waals surface area contributed by atoms with Crippen molar-refractivity contribution in [3.05, 3.63) is 64.5 Å². The van der Waals surface area contributed by atoms with E-state index in [1.807, 2.05) is 44.9 Å². The van der Waals surface area contributed by atoms with Gasteiger partial charge >= 0.3 is 0 Å². The lowest BCUT2D eigenvalue weighted by Gasteiger charge is -2.19. The van der Waals surface area contributed by atoms with Gasteiger partial charge in [0, 0.05) is 18.3 Å². The lowest BCUT2D eigenvalue weighted by Crippen LogP contribution is -2.26. The molecular formula is C18H20FNO. The monoisotopic (exact) mass is 285 g/mol. The van der Waals surface area contributed by atoms with Gasteiger partial charge in [0.25, 0.3) is 0 Å². The number of ketones is 1. The summed E-state index contributed by atoms with van der Waals surface area (Å²) in [6.45, 7) is 6.28. The van der Waals surface area contributed by atoms with Crippen LogP contribution >= 0.6 is 0 Å². The highest BCUT2D eigenvalue weighted by atomic mass is 19.1. The summed E-state index contributed by atoms with van der Waals surface area (Å²) in [5, 5.41) is 0. The highest BCUT2D eigenvalue weighted by Gasteiger charge is 2.13. The average Bonchev–Trinajstić information content (AvgIpc) is 2.43. The van der Waals surface area contributed by atoms with Gasteiger partial charge in [0.05, 0.1) is 6.54 Å². The van der Waals surface area contributed by atoms with Gasteiger partial charge in [0.2, 0.25) is 0 Å². The zero-order valence-electron chi connectivity index (χ0n) is 12.9. The van der Waals surface area contributed by atoms with E-state index in [0.29, 0.717) is 0 Å². The molecule has 2 rings (SSSR count). The first-order valence-corrected chi connectivity index (χ1v) is 6.96. The number of nitrogens with zero attached hydrogens (tertiary/aromatic N) is 1. The van der Waals surface area contributed by atoms with E-state index < -0.39 is 0 Å². The number of hydrogen-bond donors (Lipinski definition) is 0. The first kappa shape index (κ1) is 15.2. The maximum Gasteiger partial charge on any atom is 0.182 e. The van der Waals surface area contributed by atoms with E-state index in [1.54, 1.807) is 12.1 Å². The Hall–Kier alpha value is -2.16. The Balaban J connectivity index is 2.18. The molecule has 0 spiro atoms. The van der Waals surface area contributed by atoms with Crippen LogP contribution in [-0.4, -0.2) is 19.4 Å². The fraction of sp³-hybridized carbons (Fsp3) is 0.278. The predicted octanol–water partition coefficient (Wildman–Crippen LogP) is 4.07. The van der Waals surface area contributed by atoms with Crippen LogP contribution in [-0.2, 0) is 0 Å². The van der Waals surface area contributed by atoms with Crippen molar-refractivity contribution < 1.29 is 9.18 Å². The lowest BCUT2D eigenvalue weighted by molar-refractivity contribution is 0.0999. The number of rotatable bonds is 4. The van der Waals surface area contributed by atoms with Gasteiger partial charge in [-0.05, 0) is 67.8 Å². The van der Waals surface area contributed by atoms with Crippen molar-refractivity contribution in [3.63, 3.8) is 0 Å². The second-order valence-electron chi connectivity index (χ2n) is 5.51. The van der Waals surface area contributed by atoms with Gasteiger partial charge in [-0.15, -0.1) is 0 Å². The summed E-state index contributed by atoms with van der Waals surface area (Å²) < 4.78 is 12.9. The smallest absolute Gasteiger partial charge is 0.182 e. The van der Waals surface area contributed by atoms with Gasteiger partial charge in [-0.1, -0.05) is 6.07 Å². The highest BCUT2D eigenvalue weighted by Crippen LogP contribution is 2.18. The Labute approximate surface area is 125 Å². The molecule has 0 radical (unpaired) electrons. The number of benzene rings is 2. The predicted molar refractivity (Wildman–Crippen MR) is 84.7 cm³/mol. The molecule has 2 aromatic carbocycles. The Kier molecular flexibility index (Phi) is 4.41. The minimum Gasteiger partial charge on any atom is -0.367 e. The second-order valence-corrected chi connectivity index (χ2v) is 5.51. The van der Waals surface area contributed by atoms with E-state index in [4.69, 9.17) is 0 Å². The first-order chi connectivity index (χ1) is 9.88. The molecule has 2 aromatic rings. The van der Waals surface area contributed by atoms with Crippen LogP contribution in [0.1, 0.15) is 27.0 Å². The summed E-state index contributed by atoms with van der Waals surface area (Å²) in [5.41, 5.74) is 4.89. The number of hydrogen-bond acceptors (Lipinski definition) is 2. The first-order valence-electron chi connectivity index (χ1n) is 6.96. The van der Waals surface area contributed by atoms with Crippen molar-refractivity contribution in [1.29, 1.82) is 0 Å². The normalized spacial score (nSPS) is 10.5. The van der Waals surface area contributed by atoms with Gasteiger partial charge < -0.3 is 4.90 Å². The maximum atomic E-state index is 12.9. The summed E-state index contributed by atoms with van der Waals surface area (Å²) in [7, 11) is 1.83. The fourth-order valence-corrected chi connectivity index (χ4v) is 2.35. The quantitative estimate of drug-likeness (QED) is 0.789. The number of halogens is 1. The second kappa shape index (κ2) is 6.08. The topological polar surface area (TPSA) is 20.3 Å². The zero-order chi connectivity index (χ0) is 15.6. The van der Waals surface area contributed by atoms with E-state index in [9.17, 15) is 9.18 Å². The summed E-state index contributed by atoms with van der Waals surface area (Å²) in [5.74, 6) is -0.203. The van der Waals surface area contributed by atoms with Crippen molar-refractivity contribution >= 4 is 11.5 Å². The molecule has 0 aliphatic rings. The van der Waals surface area contributed by atoms with Crippen LogP contribution in [0.5, 0.6) is 0 Å². The Bertz CT molecular complexity index is 662. The molecule has 0 heterocycles. The van der Waals surface area contributed by atoms with Crippen LogP contribution in [0, 0.1) is 26.6 Å². The van der Waals surface area contributed by atoms with E-state index in [1.165, 1.54) is 17.7 Å². The molecule has 0 aromatic heterocycles. The molecule has 0 bridgehead atoms. The minimum absolute atomic E-state index is 0.0717. The number of aryl methyl sites for hydroxylation is 3. The minimum atomic E-state index is -0.275. The standard InChI is InChI=1S/C18H20FNO/c1-12-9-14(3)17(10-13(12)2)18(21)11-20(4)16-7-5-15(19)6-8-16/h5-10H,11H2,1-4H3. The number of likely N-dealkylation sites (N-methyl/N-ethyl adjacent to an activating group) is 1. The Morgan fingerprint density at radius 3 is 2.19 bits per heavy atom. The van der Waals surface area contributed by atoms with Gasteiger partial charge in [-0.3, -0.25) is 4.79 Å². The third-order valence-electron chi connectivity index (χ3n) is 3.79. The fourth-order valence-electron chi connectivity index (χ4n) is 2.35. The van der Waals surface area contributed by atoms with Gasteiger partial charge in [0.1, 0.15) is 5.82 Å². The zero-order valence-corrected chi connectivity index (χ0v) is 12.9. The number of carbonyl (C=O) groups is 1. The van der Waals surface area contributed by atoms with Crippen LogP contribution in [0.25, 0.3) is 0 Å². The molecule has 0 aliphatic carbocycles. The molecule has 21 heavy (non-hydrogen) atoms. The van der Waals surface area contributed by atoms with E-state index in [2.05, 4.69) is 0 Å². The molecule has 0 atom stereocenters. The van der Waals surface area contributed by atoms with Crippen LogP contribution < -0.4 is 4.90 Å². The summed E-state index contributed by atoms with van der Waals surface area (Å²) in [6.07, 6.45) is 0. The van der Waals surface area contributed by atoms with E-state index >= 15 is 0 Å². The summed E-state index contributed by atoms with van der Waals surface area (Å²) >= 11 is 0. The molecule has 0 aliphatic heterocycles. The van der Waals surface area contributed by atoms with Crippen LogP contribution in [0.15, 0.2) is 36.4 Å². The van der Waals surface area contributed by atoms with Crippen LogP contribution in [0.4, 0.5) is 10.1 Å². The molecule has 0 N–H and O–H groups in total. The number of Topliss-reactive ketones (excluding diaryl/α,β-unsaturated/α-hetero) is 1. The Morgan fingerprint density at radius 1 is 1.00 bits per heavy atom. The van der Waals surface area contributed by atoms with Crippen molar-refractivity contribution in [1.82, 2.24) is 0 Å². The molecule has 0 saturated heterocycles. The number of carbonyl (C=O) groups excluding carboxylic acids is 1. The van der Waals surface area contributed by atoms with Gasteiger partial charge in [0.15, 0.2) is 5.78 Å². The molecule has 0 unspecified atom stereocenters. The third kappa shape index (κ3) is 3.48. The summed E-state index contributed by atoms with van der Waals surface area (Å²) in [6, 6.07) is 10.1. The number of anilines is 1. The molecule has 110 valence electrons. The van der Waals surface area contributed by atoms with Crippen molar-refractivity contribution in [2.45, 2.75) is 20.8 Å². The van der Waals surface area contributed by atoms with E-state index in [0.717, 1.165) is 22.4 Å². The molecular weight excluding hydrogens is 265 g/mol. The summed E-state index contributed by atoms with van der Waals surface area (Å²) in [4.78, 5) is 14.3. The van der Waals surface area contributed by atoms with Crippen molar-refractivity contribution in [2.75, 3.05) is 18.5 Å². The SMILES string of the molecule is Cc1cc(C)c(C(=O)CN(C)c2ccc(F)cc2)cc1C. The average molecular weight is 285 g/mol. The largest absolute Gasteiger partial charge is 0.367 e. The molecule has 2 nitrogen and oxygen atoms in total. The van der Waals surface area contributed by atoms with Crippen LogP contribution in [0.2, 0.25) is 0 Å². The van der Waals surface area contributed by atoms with Crippen LogP contribution in [0.3, 0.4) is 0 Å². The molecule has 0 saturated carbocycles. The van der Waals surface area contributed by atoms with E-state index in [-0.39, 0.29) is 18.1 Å². The highest BCUT2D eigenvalue weighted by molar-refractivity contribution is 6.00. The lowest BCUT2D eigenvalue weighted by atomic mass is 9.98.